The minimum atomic E-state index is 0.457. The number of rotatable bonds is 9. The van der Waals surface area contributed by atoms with Crippen LogP contribution in [0.1, 0.15) is 53.9 Å². The Morgan fingerprint density at radius 3 is 2.43 bits per heavy atom. The monoisotopic (exact) mass is 312 g/mol. The van der Waals surface area contributed by atoms with Crippen molar-refractivity contribution in [3.63, 3.8) is 0 Å². The summed E-state index contributed by atoms with van der Waals surface area (Å²) in [7, 11) is 0. The van der Waals surface area contributed by atoms with Crippen LogP contribution in [0.15, 0.2) is 6.20 Å². The van der Waals surface area contributed by atoms with Gasteiger partial charge in [0, 0.05) is 19.1 Å². The van der Waals surface area contributed by atoms with Crippen molar-refractivity contribution in [3.8, 4) is 0 Å². The fourth-order valence-corrected chi connectivity index (χ4v) is 2.61. The van der Waals surface area contributed by atoms with Gasteiger partial charge in [0.15, 0.2) is 5.82 Å². The molecule has 1 aromatic rings. The van der Waals surface area contributed by atoms with Crippen LogP contribution in [0.25, 0.3) is 0 Å². The Hall–Kier alpha value is -1.03. The van der Waals surface area contributed by atoms with Crippen LogP contribution in [-0.4, -0.2) is 29.1 Å². The maximum atomic E-state index is 6.37. The molecule has 5 heteroatoms. The first-order valence-electron chi connectivity index (χ1n) is 8.06. The zero-order valence-corrected chi connectivity index (χ0v) is 14.7. The van der Waals surface area contributed by atoms with Crippen molar-refractivity contribution in [2.75, 3.05) is 23.3 Å². The van der Waals surface area contributed by atoms with Gasteiger partial charge in [0.25, 0.3) is 0 Å². The van der Waals surface area contributed by atoms with Crippen molar-refractivity contribution in [2.45, 2.75) is 59.9 Å². The Balaban J connectivity index is 3.09. The predicted octanol–water partition coefficient (Wildman–Crippen LogP) is 4.60. The molecule has 0 aromatic carbocycles. The third kappa shape index (κ3) is 5.34. The van der Waals surface area contributed by atoms with Crippen molar-refractivity contribution in [1.82, 2.24) is 9.97 Å². The van der Waals surface area contributed by atoms with Gasteiger partial charge in [-0.05, 0) is 25.2 Å². The van der Waals surface area contributed by atoms with Crippen molar-refractivity contribution in [1.29, 1.82) is 0 Å². The van der Waals surface area contributed by atoms with Gasteiger partial charge in [-0.3, -0.25) is 0 Å². The summed E-state index contributed by atoms with van der Waals surface area (Å²) in [5, 5.41) is 3.87. The number of hydrogen-bond acceptors (Lipinski definition) is 4. The summed E-state index contributed by atoms with van der Waals surface area (Å²) >= 11 is 6.37. The highest BCUT2D eigenvalue weighted by Crippen LogP contribution is 2.28. The Kier molecular flexibility index (Phi) is 7.79. The summed E-state index contributed by atoms with van der Waals surface area (Å²) in [6.45, 7) is 12.8. The van der Waals surface area contributed by atoms with Gasteiger partial charge >= 0.3 is 0 Å². The first-order valence-corrected chi connectivity index (χ1v) is 8.44. The van der Waals surface area contributed by atoms with Crippen LogP contribution in [0, 0.1) is 5.92 Å². The highest BCUT2D eigenvalue weighted by atomic mass is 35.5. The van der Waals surface area contributed by atoms with Gasteiger partial charge < -0.3 is 10.2 Å². The van der Waals surface area contributed by atoms with Gasteiger partial charge in [0.1, 0.15) is 5.02 Å². The van der Waals surface area contributed by atoms with Crippen LogP contribution in [0.4, 0.5) is 11.8 Å². The molecule has 0 spiro atoms. The third-order valence-electron chi connectivity index (χ3n) is 3.48. The fraction of sp³-hybridized carbons (Fsp3) is 0.750. The lowest BCUT2D eigenvalue weighted by molar-refractivity contribution is 0.503. The Morgan fingerprint density at radius 2 is 1.90 bits per heavy atom. The molecule has 0 saturated heterocycles. The predicted molar refractivity (Wildman–Crippen MR) is 92.4 cm³/mol. The molecular weight excluding hydrogens is 284 g/mol. The molecular formula is C16H29ClN4. The van der Waals surface area contributed by atoms with E-state index in [1.165, 1.54) is 0 Å². The van der Waals surface area contributed by atoms with Crippen molar-refractivity contribution >= 4 is 23.4 Å². The maximum absolute atomic E-state index is 6.37. The lowest BCUT2D eigenvalue weighted by atomic mass is 10.1. The van der Waals surface area contributed by atoms with E-state index in [4.69, 9.17) is 11.6 Å². The van der Waals surface area contributed by atoms with E-state index < -0.39 is 0 Å². The number of nitrogens with zero attached hydrogens (tertiary/aromatic N) is 3. The largest absolute Gasteiger partial charge is 0.354 e. The number of halogens is 1. The van der Waals surface area contributed by atoms with E-state index >= 15 is 0 Å². The molecule has 120 valence electrons. The van der Waals surface area contributed by atoms with Crippen LogP contribution in [0.2, 0.25) is 5.02 Å². The van der Waals surface area contributed by atoms with Crippen LogP contribution in [0.3, 0.4) is 0 Å². The smallest absolute Gasteiger partial charge is 0.224 e. The molecule has 0 saturated carbocycles. The number of anilines is 2. The Labute approximate surface area is 134 Å². The van der Waals surface area contributed by atoms with E-state index in [1.54, 1.807) is 6.20 Å². The van der Waals surface area contributed by atoms with Crippen LogP contribution in [0.5, 0.6) is 0 Å². The summed E-state index contributed by atoms with van der Waals surface area (Å²) in [6, 6.07) is 0.457. The second-order valence-electron chi connectivity index (χ2n) is 5.81. The number of nitrogens with one attached hydrogen (secondary N) is 1. The average Bonchev–Trinajstić information content (AvgIpc) is 2.46. The normalized spacial score (nSPS) is 11.2. The second kappa shape index (κ2) is 9.08. The molecule has 0 atom stereocenters. The molecule has 0 aliphatic rings. The van der Waals surface area contributed by atoms with E-state index in [9.17, 15) is 0 Å². The molecule has 0 aliphatic heterocycles. The van der Waals surface area contributed by atoms with Gasteiger partial charge in [-0.15, -0.1) is 0 Å². The molecule has 1 rings (SSSR count). The van der Waals surface area contributed by atoms with E-state index in [2.05, 4.69) is 54.8 Å². The second-order valence-corrected chi connectivity index (χ2v) is 6.22. The van der Waals surface area contributed by atoms with Gasteiger partial charge in [-0.25, -0.2) is 4.98 Å². The lowest BCUT2D eigenvalue weighted by Gasteiger charge is -2.33. The SMILES string of the molecule is CCCNc1ncc(Cl)c(N(CC(C)C)C(CC)CC)n1. The van der Waals surface area contributed by atoms with Crippen LogP contribution >= 0.6 is 11.6 Å². The van der Waals surface area contributed by atoms with Gasteiger partial charge in [0.05, 0.1) is 6.20 Å². The highest BCUT2D eigenvalue weighted by Gasteiger charge is 2.21. The fourth-order valence-electron chi connectivity index (χ4n) is 2.41. The molecule has 0 fully saturated rings. The number of hydrogen-bond donors (Lipinski definition) is 1. The van der Waals surface area contributed by atoms with Gasteiger partial charge in [0.2, 0.25) is 5.95 Å². The van der Waals surface area contributed by atoms with Gasteiger partial charge in [-0.2, -0.15) is 4.98 Å². The summed E-state index contributed by atoms with van der Waals surface area (Å²) in [6.07, 6.45) is 4.92. The standard InChI is InChI=1S/C16H29ClN4/c1-6-9-18-16-19-10-14(17)15(20-16)21(11-12(4)5)13(7-2)8-3/h10,12-13H,6-9,11H2,1-5H3,(H,18,19,20). The first kappa shape index (κ1) is 18.0. The maximum Gasteiger partial charge on any atom is 0.224 e. The molecule has 21 heavy (non-hydrogen) atoms. The summed E-state index contributed by atoms with van der Waals surface area (Å²) < 4.78 is 0. The average molecular weight is 313 g/mol. The summed E-state index contributed by atoms with van der Waals surface area (Å²) in [5.74, 6) is 2.08. The van der Waals surface area contributed by atoms with Crippen LogP contribution in [-0.2, 0) is 0 Å². The van der Waals surface area contributed by atoms with Gasteiger partial charge in [-0.1, -0.05) is 46.2 Å². The molecule has 0 aliphatic carbocycles. The lowest BCUT2D eigenvalue weighted by Crippen LogP contribution is -2.38. The molecule has 0 radical (unpaired) electrons. The molecule has 1 N–H and O–H groups in total. The summed E-state index contributed by atoms with van der Waals surface area (Å²) in [5.41, 5.74) is 0. The quantitative estimate of drug-likeness (QED) is 0.723. The van der Waals surface area contributed by atoms with E-state index in [-0.39, 0.29) is 0 Å². The Morgan fingerprint density at radius 1 is 1.24 bits per heavy atom. The van der Waals surface area contributed by atoms with E-state index in [1.807, 2.05) is 0 Å². The number of aromatic nitrogens is 2. The van der Waals surface area contributed by atoms with E-state index in [0.717, 1.165) is 38.2 Å². The van der Waals surface area contributed by atoms with Crippen molar-refractivity contribution in [3.05, 3.63) is 11.2 Å². The minimum Gasteiger partial charge on any atom is -0.354 e. The Bertz CT molecular complexity index is 419. The summed E-state index contributed by atoms with van der Waals surface area (Å²) in [4.78, 5) is 11.3. The highest BCUT2D eigenvalue weighted by molar-refractivity contribution is 6.32. The molecule has 4 nitrogen and oxygen atoms in total. The minimum absolute atomic E-state index is 0.457. The van der Waals surface area contributed by atoms with E-state index in [0.29, 0.717) is 22.9 Å². The zero-order chi connectivity index (χ0) is 15.8. The van der Waals surface area contributed by atoms with Crippen molar-refractivity contribution in [2.24, 2.45) is 5.92 Å². The van der Waals surface area contributed by atoms with Crippen molar-refractivity contribution < 1.29 is 0 Å². The molecule has 0 unspecified atom stereocenters. The van der Waals surface area contributed by atoms with Crippen LogP contribution < -0.4 is 10.2 Å². The molecule has 1 heterocycles. The molecule has 0 amide bonds. The third-order valence-corrected chi connectivity index (χ3v) is 3.74. The molecule has 0 bridgehead atoms. The zero-order valence-electron chi connectivity index (χ0n) is 14.0. The topological polar surface area (TPSA) is 41.1 Å². The first-order chi connectivity index (χ1) is 10.0. The molecule has 1 aromatic heterocycles.